The highest BCUT2D eigenvalue weighted by atomic mass is 32.2. The largest absolute Gasteiger partial charge is 0.279 e. The molecule has 0 amide bonds. The van der Waals surface area contributed by atoms with Gasteiger partial charge in [-0.3, -0.25) is 4.79 Å². The summed E-state index contributed by atoms with van der Waals surface area (Å²) in [7, 11) is -3.53. The Morgan fingerprint density at radius 3 is 2.27 bits per heavy atom. The molecule has 0 saturated heterocycles. The lowest BCUT2D eigenvalue weighted by molar-refractivity contribution is 0.571. The molecule has 4 aromatic rings. The van der Waals surface area contributed by atoms with Crippen molar-refractivity contribution in [2.45, 2.75) is 4.90 Å². The maximum absolute atomic E-state index is 14.4. The van der Waals surface area contributed by atoms with Crippen LogP contribution in [-0.2, 0) is 9.84 Å². The zero-order chi connectivity index (χ0) is 21.6. The predicted molar refractivity (Wildman–Crippen MR) is 106 cm³/mol. The van der Waals surface area contributed by atoms with Crippen LogP contribution in [0, 0.1) is 17.5 Å². The molecule has 0 bridgehead atoms. The quantitative estimate of drug-likeness (QED) is 0.495. The van der Waals surface area contributed by atoms with Crippen LogP contribution >= 0.6 is 0 Å². The molecule has 0 aliphatic rings. The van der Waals surface area contributed by atoms with Crippen molar-refractivity contribution in [1.82, 2.24) is 9.78 Å². The van der Waals surface area contributed by atoms with Crippen LogP contribution in [0.4, 0.5) is 13.2 Å². The average molecular weight is 430 g/mol. The van der Waals surface area contributed by atoms with E-state index in [0.717, 1.165) is 30.5 Å². The Bertz CT molecular complexity index is 1480. The summed E-state index contributed by atoms with van der Waals surface area (Å²) in [4.78, 5) is 12.9. The fourth-order valence-electron chi connectivity index (χ4n) is 3.12. The molecule has 0 unspecified atom stereocenters. The van der Waals surface area contributed by atoms with Gasteiger partial charge in [0.05, 0.1) is 16.0 Å². The second-order valence-corrected chi connectivity index (χ2v) is 8.67. The maximum atomic E-state index is 14.4. The molecule has 0 saturated carbocycles. The van der Waals surface area contributed by atoms with Gasteiger partial charge in [0, 0.05) is 23.3 Å². The Morgan fingerprint density at radius 2 is 1.57 bits per heavy atom. The second kappa shape index (κ2) is 7.10. The minimum Gasteiger partial charge on any atom is -0.267 e. The van der Waals surface area contributed by atoms with Gasteiger partial charge in [-0.25, -0.2) is 21.6 Å². The van der Waals surface area contributed by atoms with Gasteiger partial charge in [-0.05, 0) is 42.5 Å². The molecule has 1 heterocycles. The molecule has 5 nitrogen and oxygen atoms in total. The number of aromatic nitrogens is 2. The number of sulfone groups is 1. The molecule has 0 radical (unpaired) electrons. The highest BCUT2D eigenvalue weighted by Gasteiger charge is 2.18. The van der Waals surface area contributed by atoms with E-state index in [1.165, 1.54) is 24.3 Å². The van der Waals surface area contributed by atoms with Gasteiger partial charge in [0.2, 0.25) is 0 Å². The number of fused-ring (bicyclic) bond motifs is 1. The molecule has 0 atom stereocenters. The molecule has 4 rings (SSSR count). The first-order valence-electron chi connectivity index (χ1n) is 8.64. The van der Waals surface area contributed by atoms with Crippen molar-refractivity contribution in [2.24, 2.45) is 0 Å². The van der Waals surface area contributed by atoms with Crippen LogP contribution in [0.15, 0.2) is 70.4 Å². The van der Waals surface area contributed by atoms with E-state index in [-0.39, 0.29) is 27.0 Å². The topological polar surface area (TPSA) is 69.0 Å². The van der Waals surface area contributed by atoms with Gasteiger partial charge < -0.3 is 0 Å². The highest BCUT2D eigenvalue weighted by Crippen LogP contribution is 2.28. The summed E-state index contributed by atoms with van der Waals surface area (Å²) in [6, 6.07) is 11.9. The van der Waals surface area contributed by atoms with Gasteiger partial charge in [0.15, 0.2) is 15.7 Å². The molecule has 152 valence electrons. The van der Waals surface area contributed by atoms with E-state index in [9.17, 15) is 26.4 Å². The first-order chi connectivity index (χ1) is 14.1. The summed E-state index contributed by atoms with van der Waals surface area (Å²) < 4.78 is 66.1. The lowest BCUT2D eigenvalue weighted by atomic mass is 10.0. The Hall–Kier alpha value is -3.46. The van der Waals surface area contributed by atoms with Crippen LogP contribution in [0.3, 0.4) is 0 Å². The van der Waals surface area contributed by atoms with Crippen molar-refractivity contribution in [3.63, 3.8) is 0 Å². The van der Waals surface area contributed by atoms with E-state index < -0.39 is 32.8 Å². The predicted octanol–water partition coefficient (Wildman–Crippen LogP) is 3.87. The highest BCUT2D eigenvalue weighted by molar-refractivity contribution is 7.90. The molecule has 0 aliphatic carbocycles. The Kier molecular flexibility index (Phi) is 4.70. The lowest BCUT2D eigenvalue weighted by Crippen LogP contribution is -2.23. The third-order valence-corrected chi connectivity index (χ3v) is 5.64. The number of halogens is 3. The molecule has 1 aromatic heterocycles. The summed E-state index contributed by atoms with van der Waals surface area (Å²) >= 11 is 0. The number of hydrogen-bond acceptors (Lipinski definition) is 4. The van der Waals surface area contributed by atoms with Crippen LogP contribution in [0.25, 0.3) is 27.7 Å². The van der Waals surface area contributed by atoms with Crippen LogP contribution in [0.1, 0.15) is 0 Å². The zero-order valence-corrected chi connectivity index (χ0v) is 16.3. The first-order valence-corrected chi connectivity index (χ1v) is 10.5. The minimum absolute atomic E-state index is 0.0165. The van der Waals surface area contributed by atoms with Crippen molar-refractivity contribution >= 4 is 20.6 Å². The molecule has 30 heavy (non-hydrogen) atoms. The number of rotatable bonds is 3. The van der Waals surface area contributed by atoms with Gasteiger partial charge in [0.25, 0.3) is 5.56 Å². The number of benzene rings is 3. The van der Waals surface area contributed by atoms with Crippen LogP contribution in [0.5, 0.6) is 0 Å². The molecular weight excluding hydrogens is 417 g/mol. The fraction of sp³-hybridized carbons (Fsp3) is 0.0476. The Balaban J connectivity index is 2.10. The smallest absolute Gasteiger partial charge is 0.267 e. The summed E-state index contributed by atoms with van der Waals surface area (Å²) in [6.45, 7) is 0. The van der Waals surface area contributed by atoms with E-state index in [0.29, 0.717) is 16.3 Å². The Labute approximate surface area is 168 Å². The third-order valence-electron chi connectivity index (χ3n) is 4.53. The monoisotopic (exact) mass is 430 g/mol. The van der Waals surface area contributed by atoms with E-state index in [2.05, 4.69) is 5.10 Å². The summed E-state index contributed by atoms with van der Waals surface area (Å²) in [5.74, 6) is -2.55. The van der Waals surface area contributed by atoms with Crippen LogP contribution in [-0.4, -0.2) is 24.5 Å². The van der Waals surface area contributed by atoms with Gasteiger partial charge in [-0.15, -0.1) is 0 Å². The maximum Gasteiger partial charge on any atom is 0.279 e. The standard InChI is InChI=1S/C21H13F3N2O3S/c1-30(28,29)15-4-2-3-12(9-15)20-16-7-5-13(22)10-17(16)21(27)26(25-20)19-8-6-14(23)11-18(19)24/h2-11H,1H3. The van der Waals surface area contributed by atoms with Gasteiger partial charge in [0.1, 0.15) is 17.3 Å². The van der Waals surface area contributed by atoms with E-state index in [4.69, 9.17) is 0 Å². The van der Waals surface area contributed by atoms with Crippen molar-refractivity contribution in [3.05, 3.63) is 88.5 Å². The summed E-state index contributed by atoms with van der Waals surface area (Å²) in [6.07, 6.45) is 1.04. The van der Waals surface area contributed by atoms with E-state index >= 15 is 0 Å². The van der Waals surface area contributed by atoms with E-state index in [1.54, 1.807) is 6.07 Å². The second-order valence-electron chi connectivity index (χ2n) is 6.65. The fourth-order valence-corrected chi connectivity index (χ4v) is 3.78. The van der Waals surface area contributed by atoms with Gasteiger partial charge in [-0.1, -0.05) is 12.1 Å². The van der Waals surface area contributed by atoms with Crippen LogP contribution in [0.2, 0.25) is 0 Å². The zero-order valence-electron chi connectivity index (χ0n) is 15.4. The molecule has 0 aliphatic heterocycles. The van der Waals surface area contributed by atoms with Crippen molar-refractivity contribution in [1.29, 1.82) is 0 Å². The number of hydrogen-bond donors (Lipinski definition) is 0. The van der Waals surface area contributed by atoms with Gasteiger partial charge in [-0.2, -0.15) is 9.78 Å². The van der Waals surface area contributed by atoms with Crippen molar-refractivity contribution < 1.29 is 21.6 Å². The molecule has 0 N–H and O–H groups in total. The van der Waals surface area contributed by atoms with Crippen molar-refractivity contribution in [2.75, 3.05) is 6.26 Å². The van der Waals surface area contributed by atoms with Gasteiger partial charge >= 0.3 is 0 Å². The molecule has 0 fully saturated rings. The normalized spacial score (nSPS) is 11.7. The SMILES string of the molecule is CS(=O)(=O)c1cccc(-c2nn(-c3ccc(F)cc3F)c(=O)c3cc(F)ccc23)c1. The molecule has 0 spiro atoms. The molecule has 3 aromatic carbocycles. The average Bonchev–Trinajstić information content (AvgIpc) is 2.69. The Morgan fingerprint density at radius 1 is 0.867 bits per heavy atom. The summed E-state index contributed by atoms with van der Waals surface area (Å²) in [5, 5.41) is 4.37. The third kappa shape index (κ3) is 3.48. The molecular formula is C21H13F3N2O3S. The van der Waals surface area contributed by atoms with E-state index in [1.807, 2.05) is 0 Å². The van der Waals surface area contributed by atoms with Crippen molar-refractivity contribution in [3.8, 4) is 16.9 Å². The number of nitrogens with zero attached hydrogens (tertiary/aromatic N) is 2. The van der Waals surface area contributed by atoms with Crippen LogP contribution < -0.4 is 5.56 Å². The molecule has 9 heteroatoms. The minimum atomic E-state index is -3.53. The first kappa shape index (κ1) is 19.8. The summed E-state index contributed by atoms with van der Waals surface area (Å²) in [5.41, 5.74) is -0.671. The lowest BCUT2D eigenvalue weighted by Gasteiger charge is -2.13.